The molecule has 0 heterocycles. The van der Waals surface area contributed by atoms with Crippen LogP contribution in [0.2, 0.25) is 0 Å². The summed E-state index contributed by atoms with van der Waals surface area (Å²) in [6.07, 6.45) is 2.58. The lowest BCUT2D eigenvalue weighted by Crippen LogP contribution is -2.47. The maximum absolute atomic E-state index is 12.8. The van der Waals surface area contributed by atoms with Crippen LogP contribution in [0.1, 0.15) is 33.5 Å². The van der Waals surface area contributed by atoms with Crippen molar-refractivity contribution in [3.05, 3.63) is 70.8 Å². The molecule has 0 aromatic heterocycles. The predicted molar refractivity (Wildman–Crippen MR) is 121 cm³/mol. The number of hydrogen-bond donors (Lipinski definition) is 2. The molecule has 0 unspecified atom stereocenters. The lowest BCUT2D eigenvalue weighted by Gasteiger charge is -2.19. The van der Waals surface area contributed by atoms with E-state index in [0.717, 1.165) is 23.4 Å². The summed E-state index contributed by atoms with van der Waals surface area (Å²) in [6.45, 7) is 3.20. The Kier molecular flexibility index (Phi) is 9.22. The van der Waals surface area contributed by atoms with Gasteiger partial charge in [-0.05, 0) is 62.7 Å². The number of rotatable bonds is 10. The number of carbonyl (C=O) groups excluding carboxylic acids is 2. The monoisotopic (exact) mass is 413 g/mol. The first-order valence-electron chi connectivity index (χ1n) is 9.76. The third-order valence-corrected chi connectivity index (χ3v) is 5.21. The Bertz CT molecular complexity index is 823. The van der Waals surface area contributed by atoms with Gasteiger partial charge in [-0.2, -0.15) is 11.8 Å². The number of thioether (sulfide) groups is 1. The second kappa shape index (κ2) is 11.6. The number of benzene rings is 2. The van der Waals surface area contributed by atoms with Crippen LogP contribution in [0.25, 0.3) is 0 Å². The summed E-state index contributed by atoms with van der Waals surface area (Å²) < 4.78 is 0. The molecule has 0 bridgehead atoms. The average molecular weight is 414 g/mol. The van der Waals surface area contributed by atoms with Gasteiger partial charge in [0.1, 0.15) is 6.04 Å². The minimum atomic E-state index is -0.559. The smallest absolute Gasteiger partial charge is 0.251 e. The maximum atomic E-state index is 12.8. The fraction of sp³-hybridized carbons (Fsp3) is 0.391. The highest BCUT2D eigenvalue weighted by molar-refractivity contribution is 7.98. The highest BCUT2D eigenvalue weighted by atomic mass is 32.2. The van der Waals surface area contributed by atoms with E-state index in [1.165, 1.54) is 5.56 Å². The summed E-state index contributed by atoms with van der Waals surface area (Å²) >= 11 is 1.66. The predicted octanol–water partition coefficient (Wildman–Crippen LogP) is 3.22. The van der Waals surface area contributed by atoms with Crippen LogP contribution < -0.4 is 10.6 Å². The van der Waals surface area contributed by atoms with Gasteiger partial charge >= 0.3 is 0 Å². The van der Waals surface area contributed by atoms with Gasteiger partial charge in [-0.15, -0.1) is 0 Å². The number of amides is 2. The van der Waals surface area contributed by atoms with Gasteiger partial charge in [0.2, 0.25) is 5.91 Å². The minimum Gasteiger partial charge on any atom is -0.350 e. The first kappa shape index (κ1) is 23.0. The van der Waals surface area contributed by atoms with E-state index in [1.807, 2.05) is 63.7 Å². The Morgan fingerprint density at radius 1 is 1.07 bits per heavy atom. The van der Waals surface area contributed by atoms with E-state index < -0.39 is 6.04 Å². The number of nitrogens with one attached hydrogen (secondary N) is 2. The zero-order chi connectivity index (χ0) is 21.2. The van der Waals surface area contributed by atoms with E-state index in [9.17, 15) is 9.59 Å². The standard InChI is InChI=1S/C23H31N3O2S/c1-17-8-7-11-18(14-17)22(27)25-21(12-13-29-4)23(28)24-15-19-9-5-6-10-20(19)16-26(2)3/h5-11,14,21H,12-13,15-16H2,1-4H3,(H,24,28)(H,25,27)/t21-/m0/s1. The number of aryl methyl sites for hydroxylation is 1. The lowest BCUT2D eigenvalue weighted by molar-refractivity contribution is -0.123. The van der Waals surface area contributed by atoms with E-state index in [2.05, 4.69) is 21.6 Å². The molecule has 0 radical (unpaired) electrons. The number of carbonyl (C=O) groups is 2. The zero-order valence-corrected chi connectivity index (χ0v) is 18.5. The summed E-state index contributed by atoms with van der Waals surface area (Å²) in [6, 6.07) is 14.9. The van der Waals surface area contributed by atoms with Crippen molar-refractivity contribution in [3.8, 4) is 0 Å². The van der Waals surface area contributed by atoms with E-state index in [0.29, 0.717) is 18.5 Å². The molecule has 2 aromatic rings. The molecular formula is C23H31N3O2S. The van der Waals surface area contributed by atoms with Crippen LogP contribution in [0.4, 0.5) is 0 Å². The zero-order valence-electron chi connectivity index (χ0n) is 17.7. The van der Waals surface area contributed by atoms with Crippen molar-refractivity contribution < 1.29 is 9.59 Å². The Morgan fingerprint density at radius 2 is 1.79 bits per heavy atom. The number of nitrogens with zero attached hydrogens (tertiary/aromatic N) is 1. The summed E-state index contributed by atoms with van der Waals surface area (Å²) in [5.41, 5.74) is 3.86. The van der Waals surface area contributed by atoms with Gasteiger partial charge in [-0.3, -0.25) is 9.59 Å². The van der Waals surface area contributed by atoms with Gasteiger partial charge in [0, 0.05) is 18.7 Å². The summed E-state index contributed by atoms with van der Waals surface area (Å²) in [5, 5.41) is 5.91. The molecule has 0 aliphatic carbocycles. The molecule has 0 spiro atoms. The quantitative estimate of drug-likeness (QED) is 0.628. The second-order valence-electron chi connectivity index (χ2n) is 7.40. The van der Waals surface area contributed by atoms with E-state index >= 15 is 0 Å². The van der Waals surface area contributed by atoms with Crippen molar-refractivity contribution >= 4 is 23.6 Å². The second-order valence-corrected chi connectivity index (χ2v) is 8.39. The van der Waals surface area contributed by atoms with Gasteiger partial charge in [-0.1, -0.05) is 42.0 Å². The molecule has 29 heavy (non-hydrogen) atoms. The highest BCUT2D eigenvalue weighted by Gasteiger charge is 2.21. The van der Waals surface area contributed by atoms with Gasteiger partial charge < -0.3 is 15.5 Å². The van der Waals surface area contributed by atoms with Crippen molar-refractivity contribution in [1.29, 1.82) is 0 Å². The molecule has 0 aliphatic rings. The molecule has 2 N–H and O–H groups in total. The van der Waals surface area contributed by atoms with Gasteiger partial charge in [0.15, 0.2) is 0 Å². The fourth-order valence-electron chi connectivity index (χ4n) is 3.06. The average Bonchev–Trinajstić information content (AvgIpc) is 2.69. The van der Waals surface area contributed by atoms with E-state index in [1.54, 1.807) is 17.8 Å². The van der Waals surface area contributed by atoms with Crippen LogP contribution in [-0.4, -0.2) is 48.9 Å². The molecule has 0 aliphatic heterocycles. The maximum Gasteiger partial charge on any atom is 0.251 e. The first-order valence-corrected chi connectivity index (χ1v) is 11.2. The van der Waals surface area contributed by atoms with Crippen LogP contribution in [-0.2, 0) is 17.9 Å². The Balaban J connectivity index is 2.04. The SMILES string of the molecule is CSCC[C@H](NC(=O)c1cccc(C)c1)C(=O)NCc1ccccc1CN(C)C. The van der Waals surface area contributed by atoms with Gasteiger partial charge in [0.25, 0.3) is 5.91 Å². The summed E-state index contributed by atoms with van der Waals surface area (Å²) in [5.74, 6) is 0.423. The van der Waals surface area contributed by atoms with E-state index in [4.69, 9.17) is 0 Å². The van der Waals surface area contributed by atoms with Crippen LogP contribution >= 0.6 is 11.8 Å². The third-order valence-electron chi connectivity index (χ3n) is 4.57. The first-order chi connectivity index (χ1) is 13.9. The van der Waals surface area contributed by atoms with Crippen molar-refractivity contribution in [1.82, 2.24) is 15.5 Å². The lowest BCUT2D eigenvalue weighted by atomic mass is 10.1. The van der Waals surface area contributed by atoms with Crippen molar-refractivity contribution in [2.75, 3.05) is 26.1 Å². The highest BCUT2D eigenvalue weighted by Crippen LogP contribution is 2.11. The van der Waals surface area contributed by atoms with E-state index in [-0.39, 0.29) is 11.8 Å². The number of hydrogen-bond acceptors (Lipinski definition) is 4. The molecule has 0 fully saturated rings. The summed E-state index contributed by atoms with van der Waals surface area (Å²) in [4.78, 5) is 27.6. The fourth-order valence-corrected chi connectivity index (χ4v) is 3.53. The molecule has 6 heteroatoms. The molecule has 0 saturated heterocycles. The minimum absolute atomic E-state index is 0.153. The van der Waals surface area contributed by atoms with Crippen LogP contribution in [0.3, 0.4) is 0 Å². The molecular weight excluding hydrogens is 382 g/mol. The Labute approximate surface area is 178 Å². The van der Waals surface area contributed by atoms with Gasteiger partial charge in [-0.25, -0.2) is 0 Å². The third kappa shape index (κ3) is 7.55. The normalized spacial score (nSPS) is 11.9. The molecule has 2 amide bonds. The molecule has 0 saturated carbocycles. The topological polar surface area (TPSA) is 61.4 Å². The van der Waals surface area contributed by atoms with Crippen LogP contribution in [0, 0.1) is 6.92 Å². The van der Waals surface area contributed by atoms with Crippen molar-refractivity contribution in [3.63, 3.8) is 0 Å². The molecule has 156 valence electrons. The van der Waals surface area contributed by atoms with Crippen LogP contribution in [0.15, 0.2) is 48.5 Å². The molecule has 5 nitrogen and oxygen atoms in total. The summed E-state index contributed by atoms with van der Waals surface area (Å²) in [7, 11) is 4.04. The largest absolute Gasteiger partial charge is 0.350 e. The van der Waals surface area contributed by atoms with Crippen LogP contribution in [0.5, 0.6) is 0 Å². The van der Waals surface area contributed by atoms with Crippen molar-refractivity contribution in [2.45, 2.75) is 32.5 Å². The molecule has 2 aromatic carbocycles. The molecule has 1 atom stereocenters. The van der Waals surface area contributed by atoms with Crippen molar-refractivity contribution in [2.24, 2.45) is 0 Å². The Hall–Kier alpha value is -2.31. The Morgan fingerprint density at radius 3 is 2.45 bits per heavy atom. The van der Waals surface area contributed by atoms with Gasteiger partial charge in [0.05, 0.1) is 0 Å². The molecule has 2 rings (SSSR count).